The average molecular weight is 461 g/mol. The van der Waals surface area contributed by atoms with Gasteiger partial charge in [-0.15, -0.1) is 0 Å². The van der Waals surface area contributed by atoms with E-state index in [1.807, 2.05) is 0 Å². The lowest BCUT2D eigenvalue weighted by Gasteiger charge is -2.20. The fourth-order valence-corrected chi connectivity index (χ4v) is 2.87. The normalized spacial score (nSPS) is 12.2. The van der Waals surface area contributed by atoms with Crippen LogP contribution in [0.15, 0.2) is 42.7 Å². The zero-order valence-electron chi connectivity index (χ0n) is 17.7. The molecule has 1 atom stereocenters. The SMILES string of the molecule is Cc1cc(CC(=O)Nc2ccn(Cc3cc(C#N)c(F)cn3)n2)ccc1OC(F)(F)C(C)F. The van der Waals surface area contributed by atoms with Gasteiger partial charge in [0.2, 0.25) is 12.1 Å². The van der Waals surface area contributed by atoms with E-state index < -0.39 is 24.0 Å². The van der Waals surface area contributed by atoms with Crippen molar-refractivity contribution in [3.8, 4) is 11.8 Å². The third-order valence-electron chi connectivity index (χ3n) is 4.58. The van der Waals surface area contributed by atoms with Crippen LogP contribution in [0.5, 0.6) is 5.75 Å². The lowest BCUT2D eigenvalue weighted by atomic mass is 10.1. The number of amides is 1. The molecule has 0 radical (unpaired) electrons. The van der Waals surface area contributed by atoms with E-state index in [0.29, 0.717) is 23.7 Å². The maximum Gasteiger partial charge on any atom is 0.429 e. The molecule has 1 N–H and O–H groups in total. The van der Waals surface area contributed by atoms with Crippen LogP contribution in [-0.4, -0.2) is 33.0 Å². The van der Waals surface area contributed by atoms with Gasteiger partial charge >= 0.3 is 6.11 Å². The third-order valence-corrected chi connectivity index (χ3v) is 4.58. The molecule has 0 aliphatic carbocycles. The van der Waals surface area contributed by atoms with E-state index in [1.165, 1.54) is 35.9 Å². The van der Waals surface area contributed by atoms with Gasteiger partial charge in [0.25, 0.3) is 0 Å². The molecule has 0 saturated carbocycles. The quantitative estimate of drug-likeness (QED) is 0.509. The molecule has 1 aromatic carbocycles. The van der Waals surface area contributed by atoms with Crippen LogP contribution in [0.4, 0.5) is 23.4 Å². The standard InChI is InChI=1S/C22H19F4N5O2/c1-13-7-15(3-4-19(13)33-22(25,26)14(2)23)8-21(32)29-20-5-6-31(30-20)12-17-9-16(10-27)18(24)11-28-17/h3-7,9,11,14H,8,12H2,1-2H3,(H,29,30,32). The number of hydrogen-bond acceptors (Lipinski definition) is 5. The Morgan fingerprint density at radius 3 is 2.76 bits per heavy atom. The molecule has 0 bridgehead atoms. The Morgan fingerprint density at radius 1 is 1.33 bits per heavy atom. The monoisotopic (exact) mass is 461 g/mol. The number of pyridine rings is 1. The Balaban J connectivity index is 1.60. The fraction of sp³-hybridized carbons (Fsp3) is 0.273. The van der Waals surface area contributed by atoms with Crippen molar-refractivity contribution in [3.05, 3.63) is 70.9 Å². The number of carbonyl (C=O) groups excluding carboxylic acids is 1. The van der Waals surface area contributed by atoms with E-state index in [-0.39, 0.29) is 30.1 Å². The van der Waals surface area contributed by atoms with Gasteiger partial charge in [0.1, 0.15) is 11.8 Å². The van der Waals surface area contributed by atoms with E-state index in [2.05, 4.69) is 20.1 Å². The van der Waals surface area contributed by atoms with Crippen LogP contribution in [0.1, 0.15) is 29.3 Å². The first-order valence-electron chi connectivity index (χ1n) is 9.75. The molecule has 0 aliphatic rings. The summed E-state index contributed by atoms with van der Waals surface area (Å²) in [4.78, 5) is 16.2. The van der Waals surface area contributed by atoms with E-state index >= 15 is 0 Å². The second kappa shape index (κ2) is 9.68. The number of alkyl halides is 3. The van der Waals surface area contributed by atoms with Crippen LogP contribution in [0, 0.1) is 24.1 Å². The van der Waals surface area contributed by atoms with E-state index in [0.717, 1.165) is 6.20 Å². The summed E-state index contributed by atoms with van der Waals surface area (Å²) in [5.74, 6) is -1.03. The smallest absolute Gasteiger partial charge is 0.429 e. The molecule has 0 aliphatic heterocycles. The van der Waals surface area contributed by atoms with Crippen molar-refractivity contribution in [1.29, 1.82) is 5.26 Å². The summed E-state index contributed by atoms with van der Waals surface area (Å²) in [6.07, 6.45) is -3.96. The molecular formula is C22H19F4N5O2. The first kappa shape index (κ1) is 23.7. The first-order valence-corrected chi connectivity index (χ1v) is 9.75. The van der Waals surface area contributed by atoms with Gasteiger partial charge in [-0.3, -0.25) is 14.5 Å². The molecule has 172 valence electrons. The number of benzene rings is 1. The average Bonchev–Trinajstić information content (AvgIpc) is 3.17. The van der Waals surface area contributed by atoms with Crippen LogP contribution >= 0.6 is 0 Å². The highest BCUT2D eigenvalue weighted by Gasteiger charge is 2.40. The Morgan fingerprint density at radius 2 is 2.09 bits per heavy atom. The van der Waals surface area contributed by atoms with Crippen LogP contribution in [0.2, 0.25) is 0 Å². The summed E-state index contributed by atoms with van der Waals surface area (Å²) in [7, 11) is 0. The Labute approximate surface area is 186 Å². The second-order valence-electron chi connectivity index (χ2n) is 7.27. The molecule has 1 amide bonds. The van der Waals surface area contributed by atoms with Crippen molar-refractivity contribution in [1.82, 2.24) is 14.8 Å². The van der Waals surface area contributed by atoms with Gasteiger partial charge in [0.15, 0.2) is 11.6 Å². The Bertz CT molecular complexity index is 1200. The summed E-state index contributed by atoms with van der Waals surface area (Å²) in [5.41, 5.74) is 1.15. The maximum atomic E-state index is 13.5. The van der Waals surface area contributed by atoms with Gasteiger partial charge in [-0.2, -0.15) is 19.1 Å². The molecule has 0 fully saturated rings. The number of aryl methyl sites for hydroxylation is 1. The van der Waals surface area contributed by atoms with Gasteiger partial charge in [0, 0.05) is 12.3 Å². The molecule has 0 spiro atoms. The summed E-state index contributed by atoms with van der Waals surface area (Å²) in [6.45, 7) is 2.38. The summed E-state index contributed by atoms with van der Waals surface area (Å²) < 4.78 is 59.2. The van der Waals surface area contributed by atoms with Gasteiger partial charge in [-0.25, -0.2) is 8.78 Å². The van der Waals surface area contributed by atoms with E-state index in [9.17, 15) is 22.4 Å². The molecule has 2 aromatic heterocycles. The van der Waals surface area contributed by atoms with Gasteiger partial charge in [-0.1, -0.05) is 12.1 Å². The van der Waals surface area contributed by atoms with Crippen molar-refractivity contribution in [2.45, 2.75) is 39.1 Å². The number of ether oxygens (including phenoxy) is 1. The minimum absolute atomic E-state index is 0.0606. The predicted molar refractivity (Wildman–Crippen MR) is 110 cm³/mol. The maximum absolute atomic E-state index is 13.5. The highest BCUT2D eigenvalue weighted by molar-refractivity contribution is 5.91. The number of halogens is 4. The third kappa shape index (κ3) is 6.06. The van der Waals surface area contributed by atoms with Crippen LogP contribution in [0.25, 0.3) is 0 Å². The number of aromatic nitrogens is 3. The van der Waals surface area contributed by atoms with Crippen molar-refractivity contribution >= 4 is 11.7 Å². The second-order valence-corrected chi connectivity index (χ2v) is 7.27. The van der Waals surface area contributed by atoms with Crippen LogP contribution in [0.3, 0.4) is 0 Å². The zero-order chi connectivity index (χ0) is 24.2. The molecule has 3 rings (SSSR count). The van der Waals surface area contributed by atoms with Crippen molar-refractivity contribution in [2.24, 2.45) is 0 Å². The van der Waals surface area contributed by atoms with Gasteiger partial charge in [-0.05, 0) is 37.1 Å². The summed E-state index contributed by atoms with van der Waals surface area (Å²) in [5, 5.41) is 15.7. The van der Waals surface area contributed by atoms with Gasteiger partial charge in [0.05, 0.1) is 30.4 Å². The topological polar surface area (TPSA) is 92.8 Å². The minimum Gasteiger partial charge on any atom is -0.430 e. The predicted octanol–water partition coefficient (Wildman–Crippen LogP) is 4.16. The van der Waals surface area contributed by atoms with Crippen molar-refractivity contribution in [3.63, 3.8) is 0 Å². The molecule has 11 heteroatoms. The Kier molecular flexibility index (Phi) is 6.96. The Hall–Kier alpha value is -3.94. The molecule has 3 aromatic rings. The van der Waals surface area contributed by atoms with E-state index in [1.54, 1.807) is 18.3 Å². The van der Waals surface area contributed by atoms with Gasteiger partial charge < -0.3 is 10.1 Å². The minimum atomic E-state index is -3.96. The van der Waals surface area contributed by atoms with Crippen LogP contribution in [-0.2, 0) is 17.8 Å². The molecule has 7 nitrogen and oxygen atoms in total. The number of anilines is 1. The molecule has 2 heterocycles. The van der Waals surface area contributed by atoms with E-state index in [4.69, 9.17) is 5.26 Å². The number of nitrogens with one attached hydrogen (secondary N) is 1. The number of nitriles is 1. The summed E-state index contributed by atoms with van der Waals surface area (Å²) >= 11 is 0. The molecular weight excluding hydrogens is 442 g/mol. The molecule has 0 saturated heterocycles. The lowest BCUT2D eigenvalue weighted by molar-refractivity contribution is -0.215. The zero-order valence-corrected chi connectivity index (χ0v) is 17.7. The highest BCUT2D eigenvalue weighted by atomic mass is 19.3. The van der Waals surface area contributed by atoms with Crippen molar-refractivity contribution < 1.29 is 27.1 Å². The number of rotatable bonds is 8. The first-order chi connectivity index (χ1) is 15.6. The molecule has 33 heavy (non-hydrogen) atoms. The number of nitrogens with zero attached hydrogens (tertiary/aromatic N) is 4. The molecule has 1 unspecified atom stereocenters. The summed E-state index contributed by atoms with van der Waals surface area (Å²) in [6, 6.07) is 8.80. The number of hydrogen-bond donors (Lipinski definition) is 1. The van der Waals surface area contributed by atoms with Crippen molar-refractivity contribution in [2.75, 3.05) is 5.32 Å². The fourth-order valence-electron chi connectivity index (χ4n) is 2.87. The highest BCUT2D eigenvalue weighted by Crippen LogP contribution is 2.29. The largest absolute Gasteiger partial charge is 0.430 e. The van der Waals surface area contributed by atoms with Crippen LogP contribution < -0.4 is 10.1 Å². The lowest BCUT2D eigenvalue weighted by Crippen LogP contribution is -2.34. The number of carbonyl (C=O) groups is 1.